The minimum Gasteiger partial charge on any atom is -0.328 e. The Morgan fingerprint density at radius 1 is 1.16 bits per heavy atom. The Hall–Kier alpha value is -0.900. The van der Waals surface area contributed by atoms with Gasteiger partial charge in [-0.1, -0.05) is 33.1 Å². The summed E-state index contributed by atoms with van der Waals surface area (Å²) in [4.78, 5) is 26.8. The van der Waals surface area contributed by atoms with Gasteiger partial charge in [0.1, 0.15) is 0 Å². The van der Waals surface area contributed by atoms with Gasteiger partial charge in [-0.3, -0.25) is 14.5 Å². The number of carbonyl (C=O) groups excluding carboxylic acids is 2. The summed E-state index contributed by atoms with van der Waals surface area (Å²) in [5, 5.41) is 0. The number of carbonyl (C=O) groups is 2. The SMILES string of the molecule is CCC(CC)(CN)N1C(=O)CC2(CCCCC2)C1=O. The molecule has 0 aromatic carbocycles. The van der Waals surface area contributed by atoms with Crippen LogP contribution in [0.5, 0.6) is 0 Å². The van der Waals surface area contributed by atoms with Crippen LogP contribution in [0, 0.1) is 5.41 Å². The lowest BCUT2D eigenvalue weighted by Crippen LogP contribution is -2.56. The average molecular weight is 266 g/mol. The van der Waals surface area contributed by atoms with Crippen molar-refractivity contribution in [2.24, 2.45) is 11.1 Å². The van der Waals surface area contributed by atoms with Gasteiger partial charge < -0.3 is 5.73 Å². The van der Waals surface area contributed by atoms with Crippen LogP contribution in [-0.2, 0) is 9.59 Å². The second-order valence-corrected chi connectivity index (χ2v) is 6.19. The number of amides is 2. The first kappa shape index (κ1) is 14.5. The van der Waals surface area contributed by atoms with E-state index >= 15 is 0 Å². The van der Waals surface area contributed by atoms with E-state index in [9.17, 15) is 9.59 Å². The molecule has 4 heteroatoms. The van der Waals surface area contributed by atoms with Gasteiger partial charge in [-0.2, -0.15) is 0 Å². The summed E-state index contributed by atoms with van der Waals surface area (Å²) >= 11 is 0. The van der Waals surface area contributed by atoms with E-state index in [2.05, 4.69) is 0 Å². The van der Waals surface area contributed by atoms with Gasteiger partial charge in [-0.05, 0) is 25.7 Å². The molecule has 108 valence electrons. The number of imide groups is 1. The van der Waals surface area contributed by atoms with Gasteiger partial charge in [-0.25, -0.2) is 0 Å². The van der Waals surface area contributed by atoms with Gasteiger partial charge in [0.05, 0.1) is 11.0 Å². The molecular formula is C15H26N2O2. The lowest BCUT2D eigenvalue weighted by molar-refractivity contribution is -0.149. The Labute approximate surface area is 115 Å². The molecule has 1 saturated heterocycles. The Balaban J connectivity index is 2.32. The van der Waals surface area contributed by atoms with Gasteiger partial charge >= 0.3 is 0 Å². The predicted molar refractivity (Wildman–Crippen MR) is 74.4 cm³/mol. The van der Waals surface area contributed by atoms with Gasteiger partial charge in [0.25, 0.3) is 0 Å². The molecule has 2 amide bonds. The van der Waals surface area contributed by atoms with Crippen LogP contribution in [0.25, 0.3) is 0 Å². The largest absolute Gasteiger partial charge is 0.328 e. The minimum absolute atomic E-state index is 0.000972. The Bertz CT molecular complexity index is 360. The van der Waals surface area contributed by atoms with E-state index in [0.29, 0.717) is 13.0 Å². The third-order valence-electron chi connectivity index (χ3n) is 5.38. The summed E-state index contributed by atoms with van der Waals surface area (Å²) in [6.07, 6.45) is 6.98. The van der Waals surface area contributed by atoms with Crippen LogP contribution in [-0.4, -0.2) is 28.8 Å². The molecule has 1 spiro atoms. The quantitative estimate of drug-likeness (QED) is 0.793. The molecule has 0 radical (unpaired) electrons. The monoisotopic (exact) mass is 266 g/mol. The molecule has 2 aliphatic rings. The molecule has 2 fully saturated rings. The highest BCUT2D eigenvalue weighted by Gasteiger charge is 2.56. The van der Waals surface area contributed by atoms with E-state index in [1.165, 1.54) is 11.3 Å². The molecule has 0 aromatic rings. The number of rotatable bonds is 4. The van der Waals surface area contributed by atoms with Crippen molar-refractivity contribution in [3.63, 3.8) is 0 Å². The second kappa shape index (κ2) is 5.23. The predicted octanol–water partition coefficient (Wildman–Crippen LogP) is 2.21. The molecule has 0 atom stereocenters. The van der Waals surface area contributed by atoms with Crippen LogP contribution in [0.3, 0.4) is 0 Å². The number of likely N-dealkylation sites (tertiary alicyclic amines) is 1. The Morgan fingerprint density at radius 2 is 1.74 bits per heavy atom. The molecule has 2 N–H and O–H groups in total. The highest BCUT2D eigenvalue weighted by atomic mass is 16.2. The maximum atomic E-state index is 12.9. The third-order valence-corrected chi connectivity index (χ3v) is 5.38. The topological polar surface area (TPSA) is 63.4 Å². The van der Waals surface area contributed by atoms with E-state index in [0.717, 1.165) is 38.5 Å². The molecule has 0 unspecified atom stereocenters. The molecule has 2 rings (SSSR count). The fourth-order valence-electron chi connectivity index (χ4n) is 3.84. The normalized spacial score (nSPS) is 23.4. The van der Waals surface area contributed by atoms with Crippen LogP contribution in [0.2, 0.25) is 0 Å². The fraction of sp³-hybridized carbons (Fsp3) is 0.867. The Kier molecular flexibility index (Phi) is 4.00. The highest BCUT2D eigenvalue weighted by Crippen LogP contribution is 2.47. The van der Waals surface area contributed by atoms with E-state index in [4.69, 9.17) is 5.73 Å². The molecule has 0 bridgehead atoms. The number of nitrogens with zero attached hydrogens (tertiary/aromatic N) is 1. The van der Waals surface area contributed by atoms with Crippen molar-refractivity contribution in [1.82, 2.24) is 4.90 Å². The van der Waals surface area contributed by atoms with Crippen LogP contribution >= 0.6 is 0 Å². The zero-order valence-electron chi connectivity index (χ0n) is 12.2. The van der Waals surface area contributed by atoms with Crippen molar-refractivity contribution in [3.05, 3.63) is 0 Å². The zero-order valence-corrected chi connectivity index (χ0v) is 12.2. The van der Waals surface area contributed by atoms with Crippen LogP contribution in [0.15, 0.2) is 0 Å². The molecule has 4 nitrogen and oxygen atoms in total. The summed E-state index contributed by atoms with van der Waals surface area (Å²) in [7, 11) is 0. The van der Waals surface area contributed by atoms with E-state index < -0.39 is 5.54 Å². The summed E-state index contributed by atoms with van der Waals surface area (Å²) in [6.45, 7) is 4.40. The molecule has 19 heavy (non-hydrogen) atoms. The van der Waals surface area contributed by atoms with Crippen LogP contribution in [0.4, 0.5) is 0 Å². The van der Waals surface area contributed by atoms with Crippen LogP contribution < -0.4 is 5.73 Å². The van der Waals surface area contributed by atoms with Crippen molar-refractivity contribution in [1.29, 1.82) is 0 Å². The maximum Gasteiger partial charge on any atom is 0.236 e. The molecule has 1 heterocycles. The second-order valence-electron chi connectivity index (χ2n) is 6.19. The standard InChI is InChI=1S/C15H26N2O2/c1-3-15(4-2,11-16)17-12(18)10-14(13(17)19)8-6-5-7-9-14/h3-11,16H2,1-2H3. The lowest BCUT2D eigenvalue weighted by Gasteiger charge is -2.40. The maximum absolute atomic E-state index is 12.9. The Morgan fingerprint density at radius 3 is 2.21 bits per heavy atom. The van der Waals surface area contributed by atoms with Gasteiger partial charge in [0.2, 0.25) is 11.8 Å². The molecule has 0 aromatic heterocycles. The van der Waals surface area contributed by atoms with Crippen molar-refractivity contribution in [2.75, 3.05) is 6.54 Å². The van der Waals surface area contributed by atoms with Crippen LogP contribution in [0.1, 0.15) is 65.2 Å². The van der Waals surface area contributed by atoms with Crippen molar-refractivity contribution < 1.29 is 9.59 Å². The number of hydrogen-bond acceptors (Lipinski definition) is 3. The molecule has 1 aliphatic heterocycles. The van der Waals surface area contributed by atoms with E-state index in [1.54, 1.807) is 0 Å². The summed E-state index contributed by atoms with van der Waals surface area (Å²) in [5.74, 6) is 0.0624. The molecular weight excluding hydrogens is 240 g/mol. The lowest BCUT2D eigenvalue weighted by atomic mass is 9.73. The summed E-state index contributed by atoms with van der Waals surface area (Å²) < 4.78 is 0. The third kappa shape index (κ3) is 2.10. The first-order valence-corrected chi connectivity index (χ1v) is 7.63. The van der Waals surface area contributed by atoms with E-state index in [1.807, 2.05) is 13.8 Å². The van der Waals surface area contributed by atoms with Crippen molar-refractivity contribution in [2.45, 2.75) is 70.8 Å². The van der Waals surface area contributed by atoms with Gasteiger partial charge in [0, 0.05) is 13.0 Å². The van der Waals surface area contributed by atoms with Crippen molar-refractivity contribution in [3.8, 4) is 0 Å². The number of nitrogens with two attached hydrogens (primary N) is 1. The summed E-state index contributed by atoms with van der Waals surface area (Å²) in [6, 6.07) is 0. The first-order chi connectivity index (χ1) is 9.05. The molecule has 1 saturated carbocycles. The average Bonchev–Trinajstić information content (AvgIpc) is 2.67. The van der Waals surface area contributed by atoms with Gasteiger partial charge in [0.15, 0.2) is 0 Å². The summed E-state index contributed by atoms with van der Waals surface area (Å²) in [5.41, 5.74) is 5.05. The van der Waals surface area contributed by atoms with Gasteiger partial charge in [-0.15, -0.1) is 0 Å². The number of hydrogen-bond donors (Lipinski definition) is 1. The fourth-order valence-corrected chi connectivity index (χ4v) is 3.84. The minimum atomic E-state index is -0.463. The smallest absolute Gasteiger partial charge is 0.236 e. The van der Waals surface area contributed by atoms with Crippen molar-refractivity contribution >= 4 is 11.8 Å². The highest BCUT2D eigenvalue weighted by molar-refractivity contribution is 6.06. The zero-order chi connectivity index (χ0) is 14.1. The first-order valence-electron chi connectivity index (χ1n) is 7.63. The van der Waals surface area contributed by atoms with E-state index in [-0.39, 0.29) is 17.2 Å². The molecule has 1 aliphatic carbocycles.